The molecule has 59 valence electrons. The van der Waals surface area contributed by atoms with Crippen LogP contribution in [0.15, 0.2) is 35.9 Å². The maximum atomic E-state index is 10.2. The normalized spacial score (nSPS) is 10.8. The highest BCUT2D eigenvalue weighted by Crippen LogP contribution is 2.02. The van der Waals surface area contributed by atoms with Crippen LogP contribution in [0.3, 0.4) is 0 Å². The molecule has 0 aromatic heterocycles. The predicted octanol–water partition coefficient (Wildman–Crippen LogP) is 1.38. The fraction of sp³-hybridized carbons (Fsp3) is 0. The highest BCUT2D eigenvalue weighted by Gasteiger charge is 1.92. The largest absolute Gasteiger partial charge is 0.298 e. The minimum atomic E-state index is 0.0289. The summed E-state index contributed by atoms with van der Waals surface area (Å²) < 4.78 is 0. The lowest BCUT2D eigenvalue weighted by Crippen LogP contribution is -1.84. The van der Waals surface area contributed by atoms with E-state index in [1.54, 1.807) is 18.4 Å². The molecule has 0 unspecified atom stereocenters. The van der Waals surface area contributed by atoms with Gasteiger partial charge in [0.25, 0.3) is 0 Å². The SMILES string of the molecule is O=[C]C(C=O)=Cc1ccccc1. The Balaban J connectivity index is 2.93. The summed E-state index contributed by atoms with van der Waals surface area (Å²) in [6.45, 7) is 0. The predicted molar refractivity (Wildman–Crippen MR) is 46.2 cm³/mol. The van der Waals surface area contributed by atoms with E-state index >= 15 is 0 Å². The van der Waals surface area contributed by atoms with Gasteiger partial charge in [-0.25, -0.2) is 0 Å². The van der Waals surface area contributed by atoms with Crippen LogP contribution in [0.2, 0.25) is 0 Å². The molecule has 1 radical (unpaired) electrons. The molecule has 12 heavy (non-hydrogen) atoms. The van der Waals surface area contributed by atoms with Gasteiger partial charge in [-0.15, -0.1) is 0 Å². The van der Waals surface area contributed by atoms with Crippen LogP contribution in [0.25, 0.3) is 6.08 Å². The lowest BCUT2D eigenvalue weighted by atomic mass is 10.1. The van der Waals surface area contributed by atoms with Crippen molar-refractivity contribution >= 4 is 18.6 Å². The van der Waals surface area contributed by atoms with E-state index in [4.69, 9.17) is 0 Å². The molecule has 0 aliphatic carbocycles. The summed E-state index contributed by atoms with van der Waals surface area (Å²) in [5.41, 5.74) is 0.851. The highest BCUT2D eigenvalue weighted by atomic mass is 16.1. The average Bonchev–Trinajstić information content (AvgIpc) is 2.16. The van der Waals surface area contributed by atoms with E-state index in [2.05, 4.69) is 0 Å². The second-order valence-corrected chi connectivity index (χ2v) is 2.23. The Bertz CT molecular complexity index is 289. The summed E-state index contributed by atoms with van der Waals surface area (Å²) in [6.07, 6.45) is 3.52. The molecule has 2 heteroatoms. The van der Waals surface area contributed by atoms with Gasteiger partial charge < -0.3 is 0 Å². The van der Waals surface area contributed by atoms with Crippen LogP contribution < -0.4 is 0 Å². The smallest absolute Gasteiger partial charge is 0.236 e. The molecule has 1 aromatic rings. The van der Waals surface area contributed by atoms with Crippen LogP contribution in [0.4, 0.5) is 0 Å². The Morgan fingerprint density at radius 1 is 1.25 bits per heavy atom. The van der Waals surface area contributed by atoms with Crippen LogP contribution in [-0.4, -0.2) is 12.6 Å². The molecule has 0 aliphatic rings. The van der Waals surface area contributed by atoms with Crippen molar-refractivity contribution in [3.8, 4) is 0 Å². The zero-order chi connectivity index (χ0) is 8.81. The first-order valence-corrected chi connectivity index (χ1v) is 3.47. The lowest BCUT2D eigenvalue weighted by Gasteiger charge is -1.89. The molecule has 0 N–H and O–H groups in total. The van der Waals surface area contributed by atoms with E-state index in [9.17, 15) is 9.59 Å². The molecular formula is C10H7O2. The van der Waals surface area contributed by atoms with Crippen molar-refractivity contribution in [3.05, 3.63) is 41.5 Å². The van der Waals surface area contributed by atoms with E-state index in [1.165, 1.54) is 6.08 Å². The molecule has 0 atom stereocenters. The first kappa shape index (κ1) is 8.40. The Hall–Kier alpha value is -1.70. The van der Waals surface area contributed by atoms with Gasteiger partial charge >= 0.3 is 0 Å². The number of aldehydes is 1. The van der Waals surface area contributed by atoms with Crippen LogP contribution in [0.5, 0.6) is 0 Å². The molecular weight excluding hydrogens is 152 g/mol. The van der Waals surface area contributed by atoms with Gasteiger partial charge in [-0.05, 0) is 11.6 Å². The van der Waals surface area contributed by atoms with Crippen LogP contribution in [0, 0.1) is 0 Å². The molecule has 0 bridgehead atoms. The molecule has 0 spiro atoms. The molecule has 2 nitrogen and oxygen atoms in total. The Labute approximate surface area is 70.5 Å². The first-order valence-electron chi connectivity index (χ1n) is 3.47. The topological polar surface area (TPSA) is 34.1 Å². The first-order chi connectivity index (χ1) is 5.86. The maximum absolute atomic E-state index is 10.2. The Morgan fingerprint density at radius 3 is 2.42 bits per heavy atom. The fourth-order valence-electron chi connectivity index (χ4n) is 0.816. The molecule has 0 heterocycles. The molecule has 1 aromatic carbocycles. The van der Waals surface area contributed by atoms with Crippen molar-refractivity contribution in [1.29, 1.82) is 0 Å². The van der Waals surface area contributed by atoms with Crippen molar-refractivity contribution in [2.75, 3.05) is 0 Å². The van der Waals surface area contributed by atoms with Crippen molar-refractivity contribution in [2.24, 2.45) is 0 Å². The van der Waals surface area contributed by atoms with Gasteiger partial charge in [-0.3, -0.25) is 9.59 Å². The molecule has 0 fully saturated rings. The zero-order valence-electron chi connectivity index (χ0n) is 6.36. The fourth-order valence-corrected chi connectivity index (χ4v) is 0.816. The molecule has 0 saturated heterocycles. The van der Waals surface area contributed by atoms with Gasteiger partial charge in [0.1, 0.15) is 0 Å². The summed E-state index contributed by atoms with van der Waals surface area (Å²) in [7, 11) is 0. The summed E-state index contributed by atoms with van der Waals surface area (Å²) in [4.78, 5) is 20.3. The monoisotopic (exact) mass is 159 g/mol. The van der Waals surface area contributed by atoms with E-state index < -0.39 is 0 Å². The molecule has 0 aliphatic heterocycles. The highest BCUT2D eigenvalue weighted by molar-refractivity contribution is 6.04. The van der Waals surface area contributed by atoms with Crippen LogP contribution in [-0.2, 0) is 9.59 Å². The van der Waals surface area contributed by atoms with Gasteiger partial charge in [0.2, 0.25) is 6.29 Å². The van der Waals surface area contributed by atoms with Gasteiger partial charge in [-0.2, -0.15) is 0 Å². The molecule has 0 amide bonds. The Kier molecular flexibility index (Phi) is 2.96. The third-order valence-electron chi connectivity index (χ3n) is 1.37. The molecule has 1 rings (SSSR count). The Morgan fingerprint density at radius 2 is 1.92 bits per heavy atom. The third kappa shape index (κ3) is 2.16. The summed E-state index contributed by atoms with van der Waals surface area (Å²) in [5.74, 6) is 0. The van der Waals surface area contributed by atoms with Gasteiger partial charge in [0.15, 0.2) is 6.29 Å². The van der Waals surface area contributed by atoms with Crippen molar-refractivity contribution in [2.45, 2.75) is 0 Å². The number of hydrogen-bond donors (Lipinski definition) is 0. The molecule has 0 saturated carbocycles. The summed E-state index contributed by atoms with van der Waals surface area (Å²) in [6, 6.07) is 9.14. The van der Waals surface area contributed by atoms with E-state index in [0.717, 1.165) is 5.56 Å². The van der Waals surface area contributed by atoms with Gasteiger partial charge in [-0.1, -0.05) is 30.3 Å². The van der Waals surface area contributed by atoms with Crippen molar-refractivity contribution < 1.29 is 9.59 Å². The number of benzene rings is 1. The van der Waals surface area contributed by atoms with Crippen molar-refractivity contribution in [1.82, 2.24) is 0 Å². The maximum Gasteiger partial charge on any atom is 0.236 e. The second kappa shape index (κ2) is 4.23. The number of hydrogen-bond acceptors (Lipinski definition) is 2. The van der Waals surface area contributed by atoms with E-state index in [0.29, 0.717) is 6.29 Å². The van der Waals surface area contributed by atoms with Crippen LogP contribution in [0.1, 0.15) is 5.56 Å². The minimum Gasteiger partial charge on any atom is -0.298 e. The quantitative estimate of drug-likeness (QED) is 0.289. The minimum absolute atomic E-state index is 0.0289. The van der Waals surface area contributed by atoms with Gasteiger partial charge in [0.05, 0.1) is 5.57 Å². The second-order valence-electron chi connectivity index (χ2n) is 2.23. The summed E-state index contributed by atoms with van der Waals surface area (Å²) in [5, 5.41) is 0. The van der Waals surface area contributed by atoms with Crippen molar-refractivity contribution in [3.63, 3.8) is 0 Å². The van der Waals surface area contributed by atoms with Crippen LogP contribution >= 0.6 is 0 Å². The number of carbonyl (C=O) groups excluding carboxylic acids is 2. The summed E-state index contributed by atoms with van der Waals surface area (Å²) >= 11 is 0. The average molecular weight is 159 g/mol. The lowest BCUT2D eigenvalue weighted by molar-refractivity contribution is -0.104. The van der Waals surface area contributed by atoms with E-state index in [1.807, 2.05) is 18.2 Å². The van der Waals surface area contributed by atoms with E-state index in [-0.39, 0.29) is 5.57 Å². The number of carbonyl (C=O) groups is 1. The standard InChI is InChI=1S/C10H7O2/c11-7-10(8-12)6-9-4-2-1-3-5-9/h1-7H. The zero-order valence-corrected chi connectivity index (χ0v) is 6.36. The number of allylic oxidation sites excluding steroid dienone is 1. The van der Waals surface area contributed by atoms with Gasteiger partial charge in [0, 0.05) is 0 Å². The number of rotatable bonds is 3. The third-order valence-corrected chi connectivity index (χ3v) is 1.37.